The molecule has 1 saturated heterocycles. The van der Waals surface area contributed by atoms with Gasteiger partial charge < -0.3 is 10.6 Å². The zero-order valence-corrected chi connectivity index (χ0v) is 12.3. The fraction of sp³-hybridized carbons (Fsp3) is 0.538. The predicted octanol–water partition coefficient (Wildman–Crippen LogP) is 2.71. The molecule has 1 aromatic rings. The van der Waals surface area contributed by atoms with Crippen LogP contribution in [0, 0.1) is 0 Å². The van der Waals surface area contributed by atoms with E-state index >= 15 is 0 Å². The van der Waals surface area contributed by atoms with Gasteiger partial charge in [-0.25, -0.2) is 0 Å². The van der Waals surface area contributed by atoms with Gasteiger partial charge in [0.05, 0.1) is 15.7 Å². The van der Waals surface area contributed by atoms with E-state index in [4.69, 9.17) is 28.9 Å². The molecule has 1 aliphatic heterocycles. The van der Waals surface area contributed by atoms with Crippen LogP contribution in [-0.4, -0.2) is 42.5 Å². The van der Waals surface area contributed by atoms with Gasteiger partial charge in [0.1, 0.15) is 0 Å². The Morgan fingerprint density at radius 1 is 1.28 bits per heavy atom. The lowest BCUT2D eigenvalue weighted by molar-refractivity contribution is 0.1000. The maximum atomic E-state index is 6.05. The number of benzene rings is 1. The highest BCUT2D eigenvalue weighted by atomic mass is 35.5. The molecule has 1 atom stereocenters. The first-order valence-electron chi connectivity index (χ1n) is 6.13. The van der Waals surface area contributed by atoms with E-state index in [1.54, 1.807) is 0 Å². The zero-order chi connectivity index (χ0) is 13.3. The number of nitrogens with two attached hydrogens (primary N) is 1. The van der Waals surface area contributed by atoms with Crippen LogP contribution in [0.25, 0.3) is 0 Å². The lowest BCUT2D eigenvalue weighted by Crippen LogP contribution is -2.49. The summed E-state index contributed by atoms with van der Waals surface area (Å²) in [5.74, 6) is 0. The Hall–Kier alpha value is -0.480. The van der Waals surface area contributed by atoms with Gasteiger partial charge in [-0.15, -0.1) is 0 Å². The molecule has 1 fully saturated rings. The molecule has 0 spiro atoms. The van der Waals surface area contributed by atoms with Crippen LogP contribution in [0.15, 0.2) is 12.1 Å². The van der Waals surface area contributed by atoms with Crippen molar-refractivity contribution in [3.8, 4) is 0 Å². The topological polar surface area (TPSA) is 32.5 Å². The molecule has 1 aromatic carbocycles. The Kier molecular flexibility index (Phi) is 4.38. The van der Waals surface area contributed by atoms with Crippen molar-refractivity contribution >= 4 is 28.9 Å². The molecule has 2 N–H and O–H groups in total. The first kappa shape index (κ1) is 13.9. The fourth-order valence-corrected chi connectivity index (χ4v) is 2.79. The van der Waals surface area contributed by atoms with Gasteiger partial charge in [-0.3, -0.25) is 4.90 Å². The van der Waals surface area contributed by atoms with E-state index in [9.17, 15) is 0 Å². The molecule has 100 valence electrons. The third-order valence-electron chi connectivity index (χ3n) is 3.59. The number of nitrogens with zero attached hydrogens (tertiary/aromatic N) is 2. The normalized spacial score (nSPS) is 22.3. The summed E-state index contributed by atoms with van der Waals surface area (Å²) in [6.07, 6.45) is 0. The van der Waals surface area contributed by atoms with E-state index in [0.29, 0.717) is 21.8 Å². The van der Waals surface area contributed by atoms with Crippen LogP contribution in [0.2, 0.25) is 10.0 Å². The minimum atomic E-state index is 0.467. The fourth-order valence-electron chi connectivity index (χ4n) is 2.25. The second kappa shape index (κ2) is 5.66. The Morgan fingerprint density at radius 2 is 1.89 bits per heavy atom. The standard InChI is InChI=1S/C13H19Cl2N3/c1-9-7-18(4-3-17(9)2)8-10-5-11(14)13(16)12(15)6-10/h5-6,9H,3-4,7-8,16H2,1-2H3. The van der Waals surface area contributed by atoms with E-state index in [2.05, 4.69) is 23.8 Å². The van der Waals surface area contributed by atoms with E-state index in [0.717, 1.165) is 31.7 Å². The van der Waals surface area contributed by atoms with Gasteiger partial charge in [0.15, 0.2) is 0 Å². The molecule has 1 heterocycles. The van der Waals surface area contributed by atoms with Gasteiger partial charge in [0, 0.05) is 32.2 Å². The molecule has 2 rings (SSSR count). The van der Waals surface area contributed by atoms with Crippen molar-refractivity contribution in [1.82, 2.24) is 9.80 Å². The van der Waals surface area contributed by atoms with Crippen LogP contribution in [0.1, 0.15) is 12.5 Å². The molecule has 0 radical (unpaired) electrons. The van der Waals surface area contributed by atoms with Crippen LogP contribution in [0.5, 0.6) is 0 Å². The minimum Gasteiger partial charge on any atom is -0.396 e. The summed E-state index contributed by atoms with van der Waals surface area (Å²) in [5, 5.41) is 1.08. The van der Waals surface area contributed by atoms with Crippen LogP contribution in [0.3, 0.4) is 0 Å². The number of likely N-dealkylation sites (N-methyl/N-ethyl adjacent to an activating group) is 1. The number of anilines is 1. The zero-order valence-electron chi connectivity index (χ0n) is 10.8. The lowest BCUT2D eigenvalue weighted by Gasteiger charge is -2.37. The summed E-state index contributed by atoms with van der Waals surface area (Å²) >= 11 is 12.1. The van der Waals surface area contributed by atoms with E-state index in [-0.39, 0.29) is 0 Å². The van der Waals surface area contributed by atoms with Crippen molar-refractivity contribution in [1.29, 1.82) is 0 Å². The van der Waals surface area contributed by atoms with Gasteiger partial charge in [0.2, 0.25) is 0 Å². The van der Waals surface area contributed by atoms with Crippen molar-refractivity contribution in [2.24, 2.45) is 0 Å². The second-order valence-corrected chi connectivity index (χ2v) is 5.85. The Bertz CT molecular complexity index is 413. The van der Waals surface area contributed by atoms with Gasteiger partial charge in [-0.1, -0.05) is 23.2 Å². The Morgan fingerprint density at radius 3 is 2.44 bits per heavy atom. The summed E-state index contributed by atoms with van der Waals surface area (Å²) in [4.78, 5) is 4.79. The van der Waals surface area contributed by atoms with Crippen LogP contribution in [-0.2, 0) is 6.54 Å². The van der Waals surface area contributed by atoms with Crippen molar-refractivity contribution in [3.63, 3.8) is 0 Å². The highest BCUT2D eigenvalue weighted by molar-refractivity contribution is 6.38. The molecule has 1 aliphatic rings. The summed E-state index contributed by atoms with van der Waals surface area (Å²) in [6.45, 7) is 6.35. The number of piperazine rings is 1. The first-order valence-corrected chi connectivity index (χ1v) is 6.89. The second-order valence-electron chi connectivity index (χ2n) is 5.04. The van der Waals surface area contributed by atoms with E-state index in [1.165, 1.54) is 0 Å². The number of nitrogen functional groups attached to an aromatic ring is 1. The summed E-state index contributed by atoms with van der Waals surface area (Å²) in [5.41, 5.74) is 7.33. The van der Waals surface area contributed by atoms with Crippen molar-refractivity contribution in [2.75, 3.05) is 32.4 Å². The molecular formula is C13H19Cl2N3. The highest BCUT2D eigenvalue weighted by Gasteiger charge is 2.20. The minimum absolute atomic E-state index is 0.467. The number of halogens is 2. The molecule has 18 heavy (non-hydrogen) atoms. The average molecular weight is 288 g/mol. The quantitative estimate of drug-likeness (QED) is 0.849. The maximum absolute atomic E-state index is 6.05. The molecule has 0 bridgehead atoms. The third kappa shape index (κ3) is 3.09. The van der Waals surface area contributed by atoms with Crippen LogP contribution in [0.4, 0.5) is 5.69 Å². The van der Waals surface area contributed by atoms with Crippen molar-refractivity contribution in [2.45, 2.75) is 19.5 Å². The molecule has 0 saturated carbocycles. The molecule has 1 unspecified atom stereocenters. The SMILES string of the molecule is CC1CN(Cc2cc(Cl)c(N)c(Cl)c2)CCN1C. The highest BCUT2D eigenvalue weighted by Crippen LogP contribution is 2.29. The van der Waals surface area contributed by atoms with Crippen molar-refractivity contribution in [3.05, 3.63) is 27.7 Å². The summed E-state index contributed by atoms with van der Waals surface area (Å²) in [7, 11) is 2.17. The number of hydrogen-bond donors (Lipinski definition) is 1. The van der Waals surface area contributed by atoms with Crippen LogP contribution >= 0.6 is 23.2 Å². The van der Waals surface area contributed by atoms with E-state index < -0.39 is 0 Å². The monoisotopic (exact) mass is 287 g/mol. The van der Waals surface area contributed by atoms with Crippen LogP contribution < -0.4 is 5.73 Å². The molecule has 3 nitrogen and oxygen atoms in total. The third-order valence-corrected chi connectivity index (χ3v) is 4.21. The smallest absolute Gasteiger partial charge is 0.0693 e. The summed E-state index contributed by atoms with van der Waals surface area (Å²) in [6, 6.07) is 4.40. The molecule has 0 amide bonds. The first-order chi connectivity index (χ1) is 8.47. The molecule has 0 aromatic heterocycles. The van der Waals surface area contributed by atoms with Gasteiger partial charge in [0.25, 0.3) is 0 Å². The van der Waals surface area contributed by atoms with Gasteiger partial charge in [-0.2, -0.15) is 0 Å². The van der Waals surface area contributed by atoms with Gasteiger partial charge >= 0.3 is 0 Å². The Balaban J connectivity index is 2.06. The maximum Gasteiger partial charge on any atom is 0.0693 e. The Labute approximate surface area is 118 Å². The number of hydrogen-bond acceptors (Lipinski definition) is 3. The number of rotatable bonds is 2. The largest absolute Gasteiger partial charge is 0.396 e. The lowest BCUT2D eigenvalue weighted by atomic mass is 10.1. The molecule has 5 heteroatoms. The average Bonchev–Trinajstić information content (AvgIpc) is 2.31. The predicted molar refractivity (Wildman–Crippen MR) is 78.2 cm³/mol. The van der Waals surface area contributed by atoms with Crippen molar-refractivity contribution < 1.29 is 0 Å². The summed E-state index contributed by atoms with van der Waals surface area (Å²) < 4.78 is 0. The van der Waals surface area contributed by atoms with E-state index in [1.807, 2.05) is 12.1 Å². The molecule has 0 aliphatic carbocycles. The van der Waals surface area contributed by atoms with Gasteiger partial charge in [-0.05, 0) is 31.7 Å². The molecular weight excluding hydrogens is 269 g/mol.